The van der Waals surface area contributed by atoms with Gasteiger partial charge in [-0.05, 0) is 58.4 Å². The van der Waals surface area contributed by atoms with E-state index < -0.39 is 0 Å². The minimum Gasteiger partial charge on any atom is -0.314 e. The summed E-state index contributed by atoms with van der Waals surface area (Å²) in [6.45, 7) is 10.9. The van der Waals surface area contributed by atoms with Crippen molar-refractivity contribution in [3.8, 4) is 0 Å². The van der Waals surface area contributed by atoms with Crippen LogP contribution in [0, 0.1) is 11.8 Å². The minimum atomic E-state index is 0.721. The molecule has 0 amide bonds. The molecule has 0 aromatic heterocycles. The van der Waals surface area contributed by atoms with Gasteiger partial charge in [0.2, 0.25) is 0 Å². The van der Waals surface area contributed by atoms with Gasteiger partial charge in [0.05, 0.1) is 0 Å². The van der Waals surface area contributed by atoms with Crippen LogP contribution in [0.4, 0.5) is 0 Å². The van der Waals surface area contributed by atoms with Crippen LogP contribution in [0.5, 0.6) is 0 Å². The fourth-order valence-electron chi connectivity index (χ4n) is 2.59. The summed E-state index contributed by atoms with van der Waals surface area (Å²) in [6, 6.07) is 1.45. The van der Waals surface area contributed by atoms with Crippen LogP contribution in [0.1, 0.15) is 40.0 Å². The number of nitrogens with zero attached hydrogens (tertiary/aromatic N) is 1. The van der Waals surface area contributed by atoms with Gasteiger partial charge in [-0.1, -0.05) is 0 Å². The van der Waals surface area contributed by atoms with Crippen LogP contribution in [0.3, 0.4) is 0 Å². The molecule has 2 unspecified atom stereocenters. The first-order chi connectivity index (χ1) is 7.16. The molecule has 2 nitrogen and oxygen atoms in total. The zero-order valence-electron chi connectivity index (χ0n) is 10.5. The van der Waals surface area contributed by atoms with E-state index in [4.69, 9.17) is 0 Å². The van der Waals surface area contributed by atoms with Crippen molar-refractivity contribution in [2.75, 3.05) is 19.6 Å². The number of hydrogen-bond donors (Lipinski definition) is 1. The molecule has 0 bridgehead atoms. The molecule has 2 fully saturated rings. The monoisotopic (exact) mass is 210 g/mol. The summed E-state index contributed by atoms with van der Waals surface area (Å²) in [4.78, 5) is 2.70. The molecule has 15 heavy (non-hydrogen) atoms. The summed E-state index contributed by atoms with van der Waals surface area (Å²) >= 11 is 0. The van der Waals surface area contributed by atoms with E-state index in [1.165, 1.54) is 38.9 Å². The standard InChI is InChI=1S/C13H26N2/c1-10(2)15(8-12-4-5-12)9-13-6-7-14-11(13)3/h10-14H,4-9H2,1-3H3. The SMILES string of the molecule is CC1NCCC1CN(CC1CC1)C(C)C. The lowest BCUT2D eigenvalue weighted by molar-refractivity contribution is 0.175. The first-order valence-electron chi connectivity index (χ1n) is 6.64. The zero-order chi connectivity index (χ0) is 10.8. The molecule has 0 aromatic rings. The molecule has 1 heterocycles. The Morgan fingerprint density at radius 1 is 1.20 bits per heavy atom. The molecule has 88 valence electrons. The second kappa shape index (κ2) is 4.84. The van der Waals surface area contributed by atoms with Crippen LogP contribution in [0.25, 0.3) is 0 Å². The molecule has 1 saturated carbocycles. The molecule has 2 aliphatic rings. The van der Waals surface area contributed by atoms with Gasteiger partial charge in [0, 0.05) is 25.2 Å². The summed E-state index contributed by atoms with van der Waals surface area (Å²) in [5.41, 5.74) is 0. The third-order valence-corrected chi connectivity index (χ3v) is 4.08. The molecule has 0 aromatic carbocycles. The first kappa shape index (κ1) is 11.4. The van der Waals surface area contributed by atoms with Gasteiger partial charge >= 0.3 is 0 Å². The van der Waals surface area contributed by atoms with E-state index in [0.717, 1.165) is 23.9 Å². The molecule has 0 radical (unpaired) electrons. The van der Waals surface area contributed by atoms with Gasteiger partial charge < -0.3 is 10.2 Å². The van der Waals surface area contributed by atoms with Crippen molar-refractivity contribution in [1.29, 1.82) is 0 Å². The maximum absolute atomic E-state index is 3.56. The minimum absolute atomic E-state index is 0.721. The summed E-state index contributed by atoms with van der Waals surface area (Å²) in [7, 11) is 0. The Morgan fingerprint density at radius 2 is 1.93 bits per heavy atom. The third-order valence-electron chi connectivity index (χ3n) is 4.08. The van der Waals surface area contributed by atoms with Gasteiger partial charge in [0.25, 0.3) is 0 Å². The summed E-state index contributed by atoms with van der Waals surface area (Å²) in [5, 5.41) is 3.56. The average molecular weight is 210 g/mol. The highest BCUT2D eigenvalue weighted by Crippen LogP contribution is 2.31. The predicted molar refractivity (Wildman–Crippen MR) is 65.0 cm³/mol. The van der Waals surface area contributed by atoms with E-state index in [9.17, 15) is 0 Å². The Labute approximate surface area is 94.4 Å². The van der Waals surface area contributed by atoms with E-state index in [1.807, 2.05) is 0 Å². The Bertz CT molecular complexity index is 199. The molecule has 1 N–H and O–H groups in total. The van der Waals surface area contributed by atoms with Gasteiger partial charge in [0.15, 0.2) is 0 Å². The fraction of sp³-hybridized carbons (Fsp3) is 1.00. The van der Waals surface area contributed by atoms with E-state index in [2.05, 4.69) is 31.0 Å². The smallest absolute Gasteiger partial charge is 0.00796 e. The van der Waals surface area contributed by atoms with Crippen LogP contribution < -0.4 is 5.32 Å². The van der Waals surface area contributed by atoms with E-state index >= 15 is 0 Å². The molecule has 1 saturated heterocycles. The second-order valence-electron chi connectivity index (χ2n) is 5.78. The van der Waals surface area contributed by atoms with Crippen LogP contribution in [-0.4, -0.2) is 36.6 Å². The molecule has 1 aliphatic carbocycles. The summed E-state index contributed by atoms with van der Waals surface area (Å²) in [6.07, 6.45) is 4.32. The molecular formula is C13H26N2. The predicted octanol–water partition coefficient (Wildman–Crippen LogP) is 2.10. The number of rotatable bonds is 5. The lowest BCUT2D eigenvalue weighted by Crippen LogP contribution is -2.39. The number of nitrogens with one attached hydrogen (secondary N) is 1. The van der Waals surface area contributed by atoms with Crippen molar-refractivity contribution < 1.29 is 0 Å². The van der Waals surface area contributed by atoms with Crippen molar-refractivity contribution in [3.05, 3.63) is 0 Å². The third kappa shape index (κ3) is 3.18. The maximum Gasteiger partial charge on any atom is 0.00796 e. The zero-order valence-corrected chi connectivity index (χ0v) is 10.5. The van der Waals surface area contributed by atoms with Gasteiger partial charge in [-0.25, -0.2) is 0 Å². The highest BCUT2D eigenvalue weighted by atomic mass is 15.2. The first-order valence-corrected chi connectivity index (χ1v) is 6.64. The molecule has 2 atom stereocenters. The Morgan fingerprint density at radius 3 is 2.40 bits per heavy atom. The largest absolute Gasteiger partial charge is 0.314 e. The normalized spacial score (nSPS) is 31.8. The topological polar surface area (TPSA) is 15.3 Å². The second-order valence-corrected chi connectivity index (χ2v) is 5.78. The summed E-state index contributed by atoms with van der Waals surface area (Å²) in [5.74, 6) is 1.91. The van der Waals surface area contributed by atoms with Crippen molar-refractivity contribution in [2.45, 2.75) is 52.1 Å². The van der Waals surface area contributed by atoms with E-state index in [-0.39, 0.29) is 0 Å². The van der Waals surface area contributed by atoms with Crippen molar-refractivity contribution >= 4 is 0 Å². The van der Waals surface area contributed by atoms with Crippen LogP contribution >= 0.6 is 0 Å². The van der Waals surface area contributed by atoms with E-state index in [1.54, 1.807) is 0 Å². The molecular weight excluding hydrogens is 184 g/mol. The number of hydrogen-bond acceptors (Lipinski definition) is 2. The quantitative estimate of drug-likeness (QED) is 0.747. The molecule has 0 spiro atoms. The molecule has 2 rings (SSSR count). The van der Waals surface area contributed by atoms with Crippen LogP contribution in [0.15, 0.2) is 0 Å². The Hall–Kier alpha value is -0.0800. The fourth-order valence-corrected chi connectivity index (χ4v) is 2.59. The molecule has 1 aliphatic heterocycles. The van der Waals surface area contributed by atoms with Gasteiger partial charge in [-0.15, -0.1) is 0 Å². The lowest BCUT2D eigenvalue weighted by Gasteiger charge is -2.30. The van der Waals surface area contributed by atoms with E-state index in [0.29, 0.717) is 0 Å². The van der Waals surface area contributed by atoms with Crippen molar-refractivity contribution in [3.63, 3.8) is 0 Å². The van der Waals surface area contributed by atoms with Crippen molar-refractivity contribution in [1.82, 2.24) is 10.2 Å². The summed E-state index contributed by atoms with van der Waals surface area (Å²) < 4.78 is 0. The average Bonchev–Trinajstić information content (AvgIpc) is 2.90. The van der Waals surface area contributed by atoms with Gasteiger partial charge in [-0.2, -0.15) is 0 Å². The van der Waals surface area contributed by atoms with Gasteiger partial charge in [-0.3, -0.25) is 0 Å². The highest BCUT2D eigenvalue weighted by molar-refractivity contribution is 4.85. The highest BCUT2D eigenvalue weighted by Gasteiger charge is 2.29. The van der Waals surface area contributed by atoms with Crippen LogP contribution in [-0.2, 0) is 0 Å². The maximum atomic E-state index is 3.56. The van der Waals surface area contributed by atoms with Crippen LogP contribution in [0.2, 0.25) is 0 Å². The van der Waals surface area contributed by atoms with Gasteiger partial charge in [0.1, 0.15) is 0 Å². The molecule has 2 heteroatoms. The van der Waals surface area contributed by atoms with Crippen molar-refractivity contribution in [2.24, 2.45) is 11.8 Å². The Kier molecular flexibility index (Phi) is 3.68. The lowest BCUT2D eigenvalue weighted by atomic mass is 10.0. The Balaban J connectivity index is 1.81.